The third kappa shape index (κ3) is 4.96. The number of nitrogens with one attached hydrogen (secondary N) is 1. The number of nitrogens with zero attached hydrogens (tertiary/aromatic N) is 2. The van der Waals surface area contributed by atoms with Gasteiger partial charge in [0, 0.05) is 21.2 Å². The van der Waals surface area contributed by atoms with Crippen molar-refractivity contribution in [3.63, 3.8) is 0 Å². The molecule has 0 saturated heterocycles. The summed E-state index contributed by atoms with van der Waals surface area (Å²) in [5.74, 6) is 1.06. The first kappa shape index (κ1) is 22.8. The van der Waals surface area contributed by atoms with Crippen molar-refractivity contribution in [3.05, 3.63) is 105 Å². The van der Waals surface area contributed by atoms with Crippen LogP contribution < -0.4 is 15.6 Å². The van der Waals surface area contributed by atoms with E-state index in [1.165, 1.54) is 22.2 Å². The molecular weight excluding hydrogens is 482 g/mol. The summed E-state index contributed by atoms with van der Waals surface area (Å²) in [4.78, 5) is 32.1. The molecule has 3 aromatic carbocycles. The van der Waals surface area contributed by atoms with Crippen LogP contribution in [0.1, 0.15) is 4.88 Å². The van der Waals surface area contributed by atoms with Gasteiger partial charge in [-0.25, -0.2) is 4.98 Å². The second-order valence-electron chi connectivity index (χ2n) is 7.89. The van der Waals surface area contributed by atoms with E-state index in [1.54, 1.807) is 36.4 Å². The fourth-order valence-electron chi connectivity index (χ4n) is 3.80. The molecule has 0 spiro atoms. The Kier molecular flexibility index (Phi) is 6.35. The number of anilines is 1. The topological polar surface area (TPSA) is 73.2 Å². The Hall–Kier alpha value is -3.94. The van der Waals surface area contributed by atoms with Crippen LogP contribution in [0.3, 0.4) is 0 Å². The van der Waals surface area contributed by atoms with E-state index >= 15 is 0 Å². The van der Waals surface area contributed by atoms with Crippen molar-refractivity contribution in [2.45, 2.75) is 13.5 Å². The molecule has 0 radical (unpaired) electrons. The summed E-state index contributed by atoms with van der Waals surface area (Å²) >= 11 is 7.48. The number of rotatable bonds is 6. The highest BCUT2D eigenvalue weighted by Crippen LogP contribution is 2.35. The fourth-order valence-corrected chi connectivity index (χ4v) is 4.93. The van der Waals surface area contributed by atoms with Crippen LogP contribution >= 0.6 is 22.9 Å². The number of hydrogen-bond donors (Lipinski definition) is 1. The number of carbonyl (C=O) groups is 1. The highest BCUT2D eigenvalue weighted by atomic mass is 35.5. The van der Waals surface area contributed by atoms with E-state index in [1.807, 2.05) is 49.4 Å². The number of ether oxygens (including phenoxy) is 1. The number of benzene rings is 3. The Morgan fingerprint density at radius 3 is 2.40 bits per heavy atom. The van der Waals surface area contributed by atoms with Gasteiger partial charge >= 0.3 is 0 Å². The summed E-state index contributed by atoms with van der Waals surface area (Å²) in [5, 5.41) is 3.95. The average molecular weight is 502 g/mol. The van der Waals surface area contributed by atoms with Gasteiger partial charge in [0.2, 0.25) is 5.91 Å². The molecule has 0 atom stereocenters. The third-order valence-corrected chi connectivity index (χ3v) is 6.68. The van der Waals surface area contributed by atoms with Crippen LogP contribution in [0.25, 0.3) is 21.3 Å². The lowest BCUT2D eigenvalue weighted by atomic mass is 10.0. The Morgan fingerprint density at radius 2 is 1.69 bits per heavy atom. The van der Waals surface area contributed by atoms with E-state index in [-0.39, 0.29) is 18.0 Å². The average Bonchev–Trinajstić information content (AvgIpc) is 3.20. The van der Waals surface area contributed by atoms with Gasteiger partial charge in [0.1, 0.15) is 22.9 Å². The molecular formula is C27H20ClN3O3S. The second kappa shape index (κ2) is 9.74. The van der Waals surface area contributed by atoms with Gasteiger partial charge in [-0.2, -0.15) is 0 Å². The molecule has 0 aliphatic rings. The maximum Gasteiger partial charge on any atom is 0.263 e. The monoisotopic (exact) mass is 501 g/mol. The molecule has 8 heteroatoms. The number of thiophene rings is 1. The number of para-hydroxylation sites is 1. The van der Waals surface area contributed by atoms with Gasteiger partial charge in [-0.15, -0.1) is 11.3 Å². The van der Waals surface area contributed by atoms with Crippen LogP contribution in [0.15, 0.2) is 90.0 Å². The molecule has 5 aromatic rings. The molecule has 174 valence electrons. The fraction of sp³-hybridized carbons (Fsp3) is 0.0741. The summed E-state index contributed by atoms with van der Waals surface area (Å²) in [5.41, 5.74) is 2.05. The van der Waals surface area contributed by atoms with Gasteiger partial charge < -0.3 is 10.1 Å². The van der Waals surface area contributed by atoms with Crippen molar-refractivity contribution >= 4 is 44.7 Å². The normalized spacial score (nSPS) is 10.9. The number of halogens is 1. The van der Waals surface area contributed by atoms with Crippen molar-refractivity contribution in [1.82, 2.24) is 9.55 Å². The van der Waals surface area contributed by atoms with Crippen LogP contribution in [-0.4, -0.2) is 15.5 Å². The summed E-state index contributed by atoms with van der Waals surface area (Å²) in [6.45, 7) is 1.80. The Bertz CT molecular complexity index is 1560. The first-order chi connectivity index (χ1) is 17.0. The van der Waals surface area contributed by atoms with Crippen molar-refractivity contribution < 1.29 is 9.53 Å². The molecule has 2 heterocycles. The van der Waals surface area contributed by atoms with E-state index in [9.17, 15) is 9.59 Å². The summed E-state index contributed by atoms with van der Waals surface area (Å²) in [6.07, 6.45) is 1.42. The molecule has 6 nitrogen and oxygen atoms in total. The standard InChI is InChI=1S/C27H20ClN3O3S/c1-17-24(18-7-9-19(28)10-8-18)25-26(35-17)29-16-31(27(25)33)15-23(32)30-20-11-13-22(14-12-20)34-21-5-3-2-4-6-21/h2-14,16H,15H2,1H3,(H,30,32). The van der Waals surface area contributed by atoms with Gasteiger partial charge in [0.05, 0.1) is 11.7 Å². The molecule has 0 aliphatic carbocycles. The maximum absolute atomic E-state index is 13.3. The Labute approximate surface area is 210 Å². The quantitative estimate of drug-likeness (QED) is 0.287. The minimum absolute atomic E-state index is 0.154. The van der Waals surface area contributed by atoms with Gasteiger partial charge in [0.15, 0.2) is 0 Å². The van der Waals surface area contributed by atoms with E-state index in [2.05, 4.69) is 10.3 Å². The predicted octanol–water partition coefficient (Wildman–Crippen LogP) is 6.52. The van der Waals surface area contributed by atoms with Crippen LogP contribution in [0, 0.1) is 6.92 Å². The lowest BCUT2D eigenvalue weighted by Gasteiger charge is -2.09. The van der Waals surface area contributed by atoms with Crippen molar-refractivity contribution in [2.24, 2.45) is 0 Å². The molecule has 5 rings (SSSR count). The Morgan fingerprint density at radius 1 is 1.00 bits per heavy atom. The molecule has 2 aromatic heterocycles. The molecule has 0 bridgehead atoms. The second-order valence-corrected chi connectivity index (χ2v) is 9.53. The number of fused-ring (bicyclic) bond motifs is 1. The van der Waals surface area contributed by atoms with E-state index in [0.29, 0.717) is 26.7 Å². The lowest BCUT2D eigenvalue weighted by Crippen LogP contribution is -2.27. The first-order valence-electron chi connectivity index (χ1n) is 10.9. The molecule has 0 fully saturated rings. The number of carbonyl (C=O) groups excluding carboxylic acids is 1. The van der Waals surface area contributed by atoms with E-state index < -0.39 is 0 Å². The minimum atomic E-state index is -0.329. The number of amides is 1. The van der Waals surface area contributed by atoms with Crippen molar-refractivity contribution in [1.29, 1.82) is 0 Å². The van der Waals surface area contributed by atoms with E-state index in [4.69, 9.17) is 16.3 Å². The van der Waals surface area contributed by atoms with Crippen molar-refractivity contribution in [3.8, 4) is 22.6 Å². The number of aryl methyl sites for hydroxylation is 1. The zero-order valence-corrected chi connectivity index (χ0v) is 20.3. The smallest absolute Gasteiger partial charge is 0.263 e. The molecule has 35 heavy (non-hydrogen) atoms. The largest absolute Gasteiger partial charge is 0.457 e. The summed E-state index contributed by atoms with van der Waals surface area (Å²) in [6, 6.07) is 23.8. The SMILES string of the molecule is Cc1sc2ncn(CC(=O)Nc3ccc(Oc4ccccc4)cc3)c(=O)c2c1-c1ccc(Cl)cc1. The van der Waals surface area contributed by atoms with Crippen LogP contribution in [0.4, 0.5) is 5.69 Å². The zero-order valence-electron chi connectivity index (χ0n) is 18.7. The molecule has 1 amide bonds. The zero-order chi connectivity index (χ0) is 24.4. The molecule has 1 N–H and O–H groups in total. The van der Waals surface area contributed by atoms with Crippen LogP contribution in [0.2, 0.25) is 5.02 Å². The predicted molar refractivity (Wildman–Crippen MR) is 141 cm³/mol. The van der Waals surface area contributed by atoms with E-state index in [0.717, 1.165) is 21.8 Å². The Balaban J connectivity index is 1.34. The van der Waals surface area contributed by atoms with Crippen molar-refractivity contribution in [2.75, 3.05) is 5.32 Å². The number of aromatic nitrogens is 2. The van der Waals surface area contributed by atoms with Crippen LogP contribution in [-0.2, 0) is 11.3 Å². The number of hydrogen-bond acceptors (Lipinski definition) is 5. The third-order valence-electron chi connectivity index (χ3n) is 5.42. The lowest BCUT2D eigenvalue weighted by molar-refractivity contribution is -0.116. The highest BCUT2D eigenvalue weighted by Gasteiger charge is 2.18. The van der Waals surface area contributed by atoms with Gasteiger partial charge in [-0.1, -0.05) is 41.9 Å². The first-order valence-corrected chi connectivity index (χ1v) is 12.0. The maximum atomic E-state index is 13.3. The van der Waals surface area contributed by atoms with Gasteiger partial charge in [-0.3, -0.25) is 14.2 Å². The summed E-state index contributed by atoms with van der Waals surface area (Å²) in [7, 11) is 0. The van der Waals surface area contributed by atoms with Gasteiger partial charge in [0.25, 0.3) is 5.56 Å². The van der Waals surface area contributed by atoms with Crippen LogP contribution in [0.5, 0.6) is 11.5 Å². The molecule has 0 saturated carbocycles. The minimum Gasteiger partial charge on any atom is -0.457 e. The highest BCUT2D eigenvalue weighted by molar-refractivity contribution is 7.19. The molecule has 0 unspecified atom stereocenters. The molecule has 0 aliphatic heterocycles. The van der Waals surface area contributed by atoms with Gasteiger partial charge in [-0.05, 0) is 61.0 Å². The summed E-state index contributed by atoms with van der Waals surface area (Å²) < 4.78 is 7.10.